The molecule has 1 aliphatic heterocycles. The minimum atomic E-state index is -0.417. The molecule has 1 aromatic carbocycles. The molecule has 5 rings (SSSR count). The highest BCUT2D eigenvalue weighted by molar-refractivity contribution is 5.95. The maximum atomic E-state index is 13.3. The van der Waals surface area contributed by atoms with Gasteiger partial charge in [-0.1, -0.05) is 38.1 Å². The Balaban J connectivity index is 1.28. The number of likely N-dealkylation sites (tertiary alicyclic amines) is 1. The van der Waals surface area contributed by atoms with E-state index in [-0.39, 0.29) is 42.2 Å². The number of ether oxygens (including phenoxy) is 1. The number of piperidine rings is 1. The van der Waals surface area contributed by atoms with Crippen LogP contribution in [0.5, 0.6) is 5.75 Å². The number of hydrogen-bond acceptors (Lipinski definition) is 8. The first-order valence-corrected chi connectivity index (χ1v) is 16.3. The molecule has 0 saturated carbocycles. The second kappa shape index (κ2) is 15.1. The van der Waals surface area contributed by atoms with Crippen LogP contribution >= 0.6 is 0 Å². The van der Waals surface area contributed by atoms with Gasteiger partial charge < -0.3 is 30.8 Å². The number of aromatic nitrogens is 3. The average Bonchev–Trinajstić information content (AvgIpc) is 3.49. The van der Waals surface area contributed by atoms with Crippen molar-refractivity contribution >= 4 is 23.4 Å². The van der Waals surface area contributed by atoms with Gasteiger partial charge in [0.15, 0.2) is 0 Å². The molecule has 2 aliphatic rings. The smallest absolute Gasteiger partial charge is 0.320 e. The van der Waals surface area contributed by atoms with Gasteiger partial charge in [-0.25, -0.2) is 4.79 Å². The Morgan fingerprint density at radius 3 is 2.64 bits per heavy atom. The van der Waals surface area contributed by atoms with Crippen molar-refractivity contribution in [2.24, 2.45) is 5.92 Å². The predicted molar refractivity (Wildman–Crippen MR) is 180 cm³/mol. The van der Waals surface area contributed by atoms with Crippen LogP contribution in [0.15, 0.2) is 66.9 Å². The van der Waals surface area contributed by atoms with Crippen LogP contribution in [-0.4, -0.2) is 61.2 Å². The standard InChI is InChI=1S/C34H46N10O3/c1-22(2)28(35)18-32(39-24-19-38-42(20-24)16-17-45)41-34(46)40-29-12-13-30(27-10-5-4-9-26(27)29)47-25-11-14-31(36)44(21-25)33(37)43-15-7-6-8-23(43)3/h4-5,9-11,14,18-23,29-30,35-37,39,45H,6-8,12-13,15-17H2,1-3H3,(H2,40,41,46)/b32-18+,35-28?,36-31?,37-33?/t23-,29?,30?/m0/s1. The number of amides is 2. The number of anilines is 1. The zero-order chi connectivity index (χ0) is 33.5. The Morgan fingerprint density at radius 2 is 1.89 bits per heavy atom. The van der Waals surface area contributed by atoms with Crippen molar-refractivity contribution in [3.8, 4) is 5.75 Å². The lowest BCUT2D eigenvalue weighted by molar-refractivity contribution is 0.170. The zero-order valence-electron chi connectivity index (χ0n) is 27.3. The Morgan fingerprint density at radius 1 is 1.11 bits per heavy atom. The topological polar surface area (TPSA) is 180 Å². The van der Waals surface area contributed by atoms with Crippen LogP contribution in [0.3, 0.4) is 0 Å². The molecular weight excluding hydrogens is 596 g/mol. The minimum Gasteiger partial charge on any atom is -0.484 e. The van der Waals surface area contributed by atoms with E-state index in [1.807, 2.05) is 38.1 Å². The number of allylic oxidation sites excluding steroid dienone is 1. The molecule has 1 saturated heterocycles. The summed E-state index contributed by atoms with van der Waals surface area (Å²) in [7, 11) is 0. The maximum Gasteiger partial charge on any atom is 0.320 e. The van der Waals surface area contributed by atoms with Crippen molar-refractivity contribution in [1.29, 1.82) is 16.2 Å². The van der Waals surface area contributed by atoms with E-state index in [4.69, 9.17) is 21.0 Å². The van der Waals surface area contributed by atoms with Gasteiger partial charge in [-0.15, -0.1) is 0 Å². The Kier molecular flexibility index (Phi) is 10.8. The number of carbonyl (C=O) groups excluding carboxylic acids is 1. The van der Waals surface area contributed by atoms with Gasteiger partial charge in [0, 0.05) is 24.5 Å². The van der Waals surface area contributed by atoms with Crippen molar-refractivity contribution in [2.45, 2.75) is 77.6 Å². The lowest BCUT2D eigenvalue weighted by Crippen LogP contribution is -2.47. The lowest BCUT2D eigenvalue weighted by Gasteiger charge is -2.36. The monoisotopic (exact) mass is 642 g/mol. The van der Waals surface area contributed by atoms with E-state index in [1.165, 1.54) is 0 Å². The number of fused-ring (bicyclic) bond motifs is 1. The van der Waals surface area contributed by atoms with E-state index in [1.54, 1.807) is 46.0 Å². The van der Waals surface area contributed by atoms with Crippen LogP contribution < -0.4 is 26.2 Å². The number of benzene rings is 1. The van der Waals surface area contributed by atoms with Gasteiger partial charge in [-0.05, 0) is 74.3 Å². The number of nitrogens with one attached hydrogen (secondary N) is 6. The normalized spacial score (nSPS) is 19.6. The van der Waals surface area contributed by atoms with Gasteiger partial charge in [-0.3, -0.25) is 25.4 Å². The van der Waals surface area contributed by atoms with Gasteiger partial charge in [0.25, 0.3) is 0 Å². The second-order valence-electron chi connectivity index (χ2n) is 12.5. The van der Waals surface area contributed by atoms with E-state index in [0.29, 0.717) is 42.4 Å². The molecule has 3 heterocycles. The van der Waals surface area contributed by atoms with Gasteiger partial charge in [0.2, 0.25) is 5.96 Å². The summed E-state index contributed by atoms with van der Waals surface area (Å²) in [6.45, 7) is 7.05. The van der Waals surface area contributed by atoms with Gasteiger partial charge >= 0.3 is 6.03 Å². The lowest BCUT2D eigenvalue weighted by atomic mass is 9.85. The molecule has 1 aliphatic carbocycles. The maximum absolute atomic E-state index is 13.3. The first-order valence-electron chi connectivity index (χ1n) is 16.3. The average molecular weight is 643 g/mol. The number of aliphatic hydroxyl groups excluding tert-OH is 1. The number of nitrogens with zero attached hydrogens (tertiary/aromatic N) is 4. The zero-order valence-corrected chi connectivity index (χ0v) is 27.3. The number of aliphatic hydroxyl groups is 1. The van der Waals surface area contributed by atoms with Crippen molar-refractivity contribution in [3.05, 3.63) is 83.5 Å². The fourth-order valence-electron chi connectivity index (χ4n) is 6.01. The van der Waals surface area contributed by atoms with Crippen molar-refractivity contribution in [3.63, 3.8) is 0 Å². The van der Waals surface area contributed by atoms with Crippen molar-refractivity contribution in [1.82, 2.24) is 29.9 Å². The van der Waals surface area contributed by atoms with Gasteiger partial charge in [-0.2, -0.15) is 5.10 Å². The van der Waals surface area contributed by atoms with Crippen LogP contribution in [0.2, 0.25) is 0 Å². The molecule has 2 unspecified atom stereocenters. The van der Waals surface area contributed by atoms with E-state index in [2.05, 4.69) is 32.9 Å². The third-order valence-corrected chi connectivity index (χ3v) is 8.66. The quantitative estimate of drug-likeness (QED) is 0.124. The summed E-state index contributed by atoms with van der Waals surface area (Å²) >= 11 is 0. The van der Waals surface area contributed by atoms with Crippen molar-refractivity contribution < 1.29 is 14.6 Å². The number of urea groups is 1. The summed E-state index contributed by atoms with van der Waals surface area (Å²) in [5, 5.41) is 48.2. The largest absolute Gasteiger partial charge is 0.484 e. The molecule has 0 spiro atoms. The molecule has 2 amide bonds. The summed E-state index contributed by atoms with van der Waals surface area (Å²) in [6.07, 6.45) is 10.9. The fourth-order valence-corrected chi connectivity index (χ4v) is 6.01. The second-order valence-corrected chi connectivity index (χ2v) is 12.5. The molecule has 3 atom stereocenters. The van der Waals surface area contributed by atoms with Crippen LogP contribution in [0.25, 0.3) is 0 Å². The predicted octanol–water partition coefficient (Wildman–Crippen LogP) is 4.70. The third kappa shape index (κ3) is 8.28. The van der Waals surface area contributed by atoms with Gasteiger partial charge in [0.1, 0.15) is 23.2 Å². The van der Waals surface area contributed by atoms with Crippen LogP contribution in [-0.2, 0) is 6.54 Å². The van der Waals surface area contributed by atoms with Gasteiger partial charge in [0.05, 0.1) is 37.3 Å². The fraction of sp³-hybridized carbons (Fsp3) is 0.441. The molecule has 0 radical (unpaired) electrons. The summed E-state index contributed by atoms with van der Waals surface area (Å²) in [6, 6.07) is 10.9. The minimum absolute atomic E-state index is 0.0401. The third-order valence-electron chi connectivity index (χ3n) is 8.66. The first kappa shape index (κ1) is 33.5. The van der Waals surface area contributed by atoms with E-state index in [0.717, 1.165) is 36.9 Å². The molecule has 13 heteroatoms. The first-order chi connectivity index (χ1) is 22.6. The highest BCUT2D eigenvalue weighted by Gasteiger charge is 2.30. The molecule has 3 aromatic rings. The molecule has 2 aromatic heterocycles. The van der Waals surface area contributed by atoms with Crippen LogP contribution in [0.1, 0.15) is 76.1 Å². The van der Waals surface area contributed by atoms with Crippen molar-refractivity contribution in [2.75, 3.05) is 18.5 Å². The molecular formula is C34H46N10O3. The summed E-state index contributed by atoms with van der Waals surface area (Å²) in [4.78, 5) is 15.4. The molecule has 0 bridgehead atoms. The van der Waals surface area contributed by atoms with Crippen LogP contribution in [0, 0.1) is 22.1 Å². The number of pyridine rings is 1. The SMILES string of the molecule is CC(C)C(=N)/C=C(/NC(=O)NC1CCC(Oc2ccc(=N)n(C(=N)N3CCCC[C@@H]3C)c2)c2ccccc21)Nc1cnn(CCO)c1. The molecule has 7 N–H and O–H groups in total. The molecule has 250 valence electrons. The Labute approximate surface area is 275 Å². The highest BCUT2D eigenvalue weighted by atomic mass is 16.5. The molecule has 1 fully saturated rings. The number of carbonyl (C=O) groups is 1. The van der Waals surface area contributed by atoms with E-state index in [9.17, 15) is 9.90 Å². The number of rotatable bonds is 10. The summed E-state index contributed by atoms with van der Waals surface area (Å²) in [5.74, 6) is 1.17. The summed E-state index contributed by atoms with van der Waals surface area (Å²) < 4.78 is 9.67. The van der Waals surface area contributed by atoms with E-state index < -0.39 is 6.03 Å². The summed E-state index contributed by atoms with van der Waals surface area (Å²) in [5.41, 5.74) is 3.11. The van der Waals surface area contributed by atoms with Crippen LogP contribution in [0.4, 0.5) is 10.5 Å². The Bertz CT molecular complexity index is 1680. The number of hydrogen-bond donors (Lipinski definition) is 7. The van der Waals surface area contributed by atoms with E-state index >= 15 is 0 Å². The Hall–Kier alpha value is -4.91. The highest BCUT2D eigenvalue weighted by Crippen LogP contribution is 2.38. The molecule has 13 nitrogen and oxygen atoms in total. The molecule has 47 heavy (non-hydrogen) atoms.